The summed E-state index contributed by atoms with van der Waals surface area (Å²) in [5.74, 6) is -0.364. The molecule has 1 aromatic carbocycles. The molecule has 7 atom stereocenters. The second-order valence-corrected chi connectivity index (χ2v) is 13.7. The maximum absolute atomic E-state index is 13.7. The van der Waals surface area contributed by atoms with Crippen LogP contribution in [0.1, 0.15) is 61.9 Å². The first-order chi connectivity index (χ1) is 19.9. The summed E-state index contributed by atoms with van der Waals surface area (Å²) in [4.78, 5) is 40.8. The molecule has 0 amide bonds. The largest absolute Gasteiger partial charge is 0.454 e. The summed E-state index contributed by atoms with van der Waals surface area (Å²) in [7, 11) is 0. The van der Waals surface area contributed by atoms with Crippen molar-refractivity contribution in [3.63, 3.8) is 0 Å². The fraction of sp³-hybridized carbons (Fsp3) is 0.606. The Morgan fingerprint density at radius 2 is 1.86 bits per heavy atom. The number of ether oxygens (including phenoxy) is 1. The zero-order valence-corrected chi connectivity index (χ0v) is 26.1. The average Bonchev–Trinajstić information content (AvgIpc) is 3.22. The fourth-order valence-electron chi connectivity index (χ4n) is 8.76. The first-order valence-electron chi connectivity index (χ1n) is 14.9. The number of halogens is 2. The Hall–Kier alpha value is -2.19. The number of esters is 1. The van der Waals surface area contributed by atoms with Crippen LogP contribution in [0.3, 0.4) is 0 Å². The average molecular weight is 619 g/mol. The van der Waals surface area contributed by atoms with Gasteiger partial charge in [-0.1, -0.05) is 31.6 Å². The monoisotopic (exact) mass is 617 g/mol. The number of aliphatic hydroxyl groups excluding tert-OH is 1. The first-order valence-corrected chi connectivity index (χ1v) is 16.0. The van der Waals surface area contributed by atoms with Gasteiger partial charge in [0.2, 0.25) is 5.78 Å². The van der Waals surface area contributed by atoms with Gasteiger partial charge in [-0.3, -0.25) is 9.59 Å². The van der Waals surface area contributed by atoms with Crippen molar-refractivity contribution in [2.75, 3.05) is 36.4 Å². The van der Waals surface area contributed by atoms with Gasteiger partial charge < -0.3 is 19.8 Å². The van der Waals surface area contributed by atoms with Gasteiger partial charge in [0.25, 0.3) is 0 Å². The molecule has 4 aliphatic rings. The van der Waals surface area contributed by atoms with E-state index in [0.29, 0.717) is 36.8 Å². The lowest BCUT2D eigenvalue weighted by molar-refractivity contribution is -0.178. The fourth-order valence-corrected chi connectivity index (χ4v) is 9.16. The van der Waals surface area contributed by atoms with E-state index in [9.17, 15) is 24.6 Å². The molecule has 0 bridgehead atoms. The number of hydrogen-bond donors (Lipinski definition) is 2. The smallest absolute Gasteiger partial charge is 0.338 e. The number of alkyl halides is 2. The Morgan fingerprint density at radius 1 is 1.14 bits per heavy atom. The first kappa shape index (κ1) is 31.2. The molecule has 42 heavy (non-hydrogen) atoms. The summed E-state index contributed by atoms with van der Waals surface area (Å²) >= 11 is 11.9. The maximum atomic E-state index is 13.7. The van der Waals surface area contributed by atoms with Crippen molar-refractivity contribution in [3.05, 3.63) is 53.1 Å². The molecule has 0 spiro atoms. The molecule has 4 aliphatic carbocycles. The SMILES string of the molecule is Cc1ccc(C(=O)OCC(=O)[C@@]2(O)CC[C@H]3[C@@H]4CCC5=CC(=O)C=C[C@]5(C)[C@H]4C(O)C[C@@]32C)cc1N(CCCl)CCCl. The second kappa shape index (κ2) is 11.7. The number of ketones is 2. The van der Waals surface area contributed by atoms with E-state index >= 15 is 0 Å². The van der Waals surface area contributed by atoms with Gasteiger partial charge in [0.1, 0.15) is 5.60 Å². The van der Waals surface area contributed by atoms with Crippen molar-refractivity contribution in [1.82, 2.24) is 0 Å². The van der Waals surface area contributed by atoms with Crippen LogP contribution in [0.25, 0.3) is 0 Å². The number of anilines is 1. The number of hydrogen-bond acceptors (Lipinski definition) is 7. The lowest BCUT2D eigenvalue weighted by atomic mass is 9.46. The van der Waals surface area contributed by atoms with Gasteiger partial charge in [-0.15, -0.1) is 23.2 Å². The van der Waals surface area contributed by atoms with Gasteiger partial charge in [-0.05, 0) is 80.7 Å². The molecule has 0 radical (unpaired) electrons. The highest BCUT2D eigenvalue weighted by Crippen LogP contribution is 2.67. The van der Waals surface area contributed by atoms with E-state index in [1.165, 1.54) is 0 Å². The molecule has 0 heterocycles. The van der Waals surface area contributed by atoms with E-state index in [0.717, 1.165) is 29.7 Å². The molecule has 7 nitrogen and oxygen atoms in total. The Kier molecular flexibility index (Phi) is 8.72. The van der Waals surface area contributed by atoms with Gasteiger partial charge >= 0.3 is 5.97 Å². The quantitative estimate of drug-likeness (QED) is 0.296. The molecule has 1 unspecified atom stereocenters. The van der Waals surface area contributed by atoms with Crippen molar-refractivity contribution >= 4 is 46.4 Å². The van der Waals surface area contributed by atoms with Crippen LogP contribution in [0, 0.1) is 35.5 Å². The van der Waals surface area contributed by atoms with Crippen LogP contribution in [0.5, 0.6) is 0 Å². The molecule has 0 aromatic heterocycles. The zero-order valence-electron chi connectivity index (χ0n) is 24.6. The molecule has 2 N–H and O–H groups in total. The van der Waals surface area contributed by atoms with Crippen LogP contribution in [-0.4, -0.2) is 70.9 Å². The molecule has 9 heteroatoms. The molecule has 3 fully saturated rings. The lowest BCUT2D eigenvalue weighted by Crippen LogP contribution is -2.61. The van der Waals surface area contributed by atoms with Gasteiger partial charge in [-0.25, -0.2) is 4.79 Å². The molecule has 5 rings (SSSR count). The van der Waals surface area contributed by atoms with E-state index in [2.05, 4.69) is 6.92 Å². The van der Waals surface area contributed by atoms with Crippen LogP contribution < -0.4 is 4.90 Å². The van der Waals surface area contributed by atoms with Crippen LogP contribution in [0.15, 0.2) is 42.0 Å². The highest BCUT2D eigenvalue weighted by molar-refractivity contribution is 6.18. The summed E-state index contributed by atoms with van der Waals surface area (Å²) in [6.07, 6.45) is 7.22. The molecular weight excluding hydrogens is 577 g/mol. The van der Waals surface area contributed by atoms with Gasteiger partial charge in [0.15, 0.2) is 12.4 Å². The Morgan fingerprint density at radius 3 is 2.55 bits per heavy atom. The Balaban J connectivity index is 1.31. The van der Waals surface area contributed by atoms with Gasteiger partial charge in [0, 0.05) is 47.3 Å². The molecule has 0 saturated heterocycles. The minimum Gasteiger partial charge on any atom is -0.454 e. The number of aryl methyl sites for hydroxylation is 1. The highest BCUT2D eigenvalue weighted by Gasteiger charge is 2.68. The van der Waals surface area contributed by atoms with Gasteiger partial charge in [-0.2, -0.15) is 0 Å². The molecule has 1 aromatic rings. The van der Waals surface area contributed by atoms with E-state index in [4.69, 9.17) is 27.9 Å². The number of Topliss-reactive ketones (excluding diaryl/α,β-unsaturated/α-hetero) is 1. The van der Waals surface area contributed by atoms with Crippen molar-refractivity contribution in [1.29, 1.82) is 0 Å². The van der Waals surface area contributed by atoms with Crippen LogP contribution in [0.4, 0.5) is 5.69 Å². The number of allylic oxidation sites excluding steroid dienone is 4. The van der Waals surface area contributed by atoms with E-state index in [1.807, 2.05) is 30.9 Å². The van der Waals surface area contributed by atoms with E-state index in [-0.39, 0.29) is 36.4 Å². The summed E-state index contributed by atoms with van der Waals surface area (Å²) in [6, 6.07) is 5.20. The standard InChI is InChI=1S/C33H41Cl2NO6/c1-20-4-5-21(16-26(20)36(14-12-34)15-13-35)30(40)42-19-28(39)33(41)11-9-25-24-7-6-22-17-23(37)8-10-31(22,2)29(24)27(38)18-32(25,33)3/h4-5,8,10,16-17,24-25,27,29,38,41H,6-7,9,11-15,18-19H2,1-3H3/t24-,25-,27?,29+,31-,32-,33-/m0/s1. The summed E-state index contributed by atoms with van der Waals surface area (Å²) in [5.41, 5.74) is 0.147. The highest BCUT2D eigenvalue weighted by atomic mass is 35.5. The molecular formula is C33H41Cl2NO6. The predicted molar refractivity (Wildman–Crippen MR) is 163 cm³/mol. The van der Waals surface area contributed by atoms with Crippen molar-refractivity contribution < 1.29 is 29.3 Å². The topological polar surface area (TPSA) is 104 Å². The van der Waals surface area contributed by atoms with Crippen LogP contribution in [-0.2, 0) is 14.3 Å². The van der Waals surface area contributed by atoms with Crippen LogP contribution >= 0.6 is 23.2 Å². The molecule has 3 saturated carbocycles. The maximum Gasteiger partial charge on any atom is 0.338 e. The number of carbonyl (C=O) groups is 3. The van der Waals surface area contributed by atoms with Crippen molar-refractivity contribution in [2.45, 2.75) is 64.6 Å². The number of aliphatic hydroxyl groups is 2. The number of rotatable bonds is 9. The number of benzene rings is 1. The Bertz CT molecular complexity index is 1320. The van der Waals surface area contributed by atoms with Crippen molar-refractivity contribution in [2.24, 2.45) is 28.6 Å². The van der Waals surface area contributed by atoms with Crippen molar-refractivity contribution in [3.8, 4) is 0 Å². The van der Waals surface area contributed by atoms with E-state index < -0.39 is 40.9 Å². The van der Waals surface area contributed by atoms with Crippen LogP contribution in [0.2, 0.25) is 0 Å². The van der Waals surface area contributed by atoms with E-state index in [1.54, 1.807) is 24.3 Å². The minimum atomic E-state index is -1.71. The molecule has 0 aliphatic heterocycles. The normalized spacial score (nSPS) is 35.1. The number of fused-ring (bicyclic) bond motifs is 5. The minimum absolute atomic E-state index is 0.0174. The van der Waals surface area contributed by atoms with Gasteiger partial charge in [0.05, 0.1) is 11.7 Å². The second-order valence-electron chi connectivity index (χ2n) is 13.0. The molecule has 228 valence electrons. The summed E-state index contributed by atoms with van der Waals surface area (Å²) in [6.45, 7) is 6.53. The zero-order chi connectivity index (χ0) is 30.4. The third-order valence-corrected chi connectivity index (χ3v) is 11.3. The summed E-state index contributed by atoms with van der Waals surface area (Å²) in [5, 5.41) is 23.5. The number of carbonyl (C=O) groups excluding carboxylic acids is 3. The Labute approximate surface area is 257 Å². The number of nitrogens with zero attached hydrogens (tertiary/aromatic N) is 1. The summed E-state index contributed by atoms with van der Waals surface area (Å²) < 4.78 is 5.49. The third kappa shape index (κ3) is 5.04. The third-order valence-electron chi connectivity index (χ3n) is 10.9. The predicted octanol–water partition coefficient (Wildman–Crippen LogP) is 5.01. The lowest BCUT2D eigenvalue weighted by Gasteiger charge is -2.59.